The molecule has 0 radical (unpaired) electrons. The normalized spacial score (nSPS) is 10.8. The van der Waals surface area contributed by atoms with E-state index >= 15 is 0 Å². The minimum absolute atomic E-state index is 0.229. The number of nitrogens with one attached hydrogen (secondary N) is 1. The van der Waals surface area contributed by atoms with Gasteiger partial charge in [-0.25, -0.2) is 9.67 Å². The second-order valence-corrected chi connectivity index (χ2v) is 6.14. The van der Waals surface area contributed by atoms with Gasteiger partial charge in [0, 0.05) is 18.4 Å². The van der Waals surface area contributed by atoms with Gasteiger partial charge >= 0.3 is 0 Å². The number of carbonyl (C=O) groups excluding carboxylic acids is 1. The lowest BCUT2D eigenvalue weighted by Crippen LogP contribution is -2.25. The Morgan fingerprint density at radius 3 is 2.79 bits per heavy atom. The van der Waals surface area contributed by atoms with Crippen LogP contribution in [0.2, 0.25) is 0 Å². The van der Waals surface area contributed by atoms with Gasteiger partial charge in [0.2, 0.25) is 0 Å². The monoisotopic (exact) mass is 388 g/mol. The molecule has 0 fully saturated rings. The van der Waals surface area contributed by atoms with Crippen molar-refractivity contribution in [2.24, 2.45) is 0 Å². The highest BCUT2D eigenvalue weighted by atomic mass is 79.9. The van der Waals surface area contributed by atoms with E-state index in [4.69, 9.17) is 4.42 Å². The van der Waals surface area contributed by atoms with Crippen LogP contribution in [0.4, 0.5) is 0 Å². The standard InChI is InChI=1S/C17H17BrN4O2/c1-11-13(8-10-20-17(23)14-6-7-15(18)24-14)12(2)22(21-11)16-5-3-4-9-19-16/h3-7,9H,8,10H2,1-2H3,(H,20,23). The number of amides is 1. The van der Waals surface area contributed by atoms with Gasteiger partial charge in [0.25, 0.3) is 5.91 Å². The van der Waals surface area contributed by atoms with E-state index in [9.17, 15) is 4.79 Å². The molecule has 0 bridgehead atoms. The molecule has 3 aromatic rings. The minimum atomic E-state index is -0.229. The van der Waals surface area contributed by atoms with E-state index in [0.29, 0.717) is 23.4 Å². The molecule has 0 aliphatic carbocycles. The van der Waals surface area contributed by atoms with Crippen LogP contribution >= 0.6 is 15.9 Å². The highest BCUT2D eigenvalue weighted by Gasteiger charge is 2.14. The SMILES string of the molecule is Cc1nn(-c2ccccn2)c(C)c1CCNC(=O)c1ccc(Br)o1. The lowest BCUT2D eigenvalue weighted by atomic mass is 10.1. The van der Waals surface area contributed by atoms with Gasteiger partial charge in [-0.05, 0) is 66.0 Å². The molecule has 0 aliphatic rings. The van der Waals surface area contributed by atoms with Crippen LogP contribution in [0.5, 0.6) is 0 Å². The summed E-state index contributed by atoms with van der Waals surface area (Å²) in [6, 6.07) is 9.05. The predicted molar refractivity (Wildman–Crippen MR) is 93.3 cm³/mol. The number of pyridine rings is 1. The average Bonchev–Trinajstić information content (AvgIpc) is 3.13. The van der Waals surface area contributed by atoms with E-state index in [1.54, 1.807) is 18.3 Å². The smallest absolute Gasteiger partial charge is 0.287 e. The van der Waals surface area contributed by atoms with E-state index in [0.717, 1.165) is 22.8 Å². The number of carbonyl (C=O) groups is 1. The van der Waals surface area contributed by atoms with Crippen molar-refractivity contribution in [2.75, 3.05) is 6.54 Å². The lowest BCUT2D eigenvalue weighted by Gasteiger charge is -2.05. The third-order valence-corrected chi connectivity index (χ3v) is 4.19. The fourth-order valence-corrected chi connectivity index (χ4v) is 2.87. The van der Waals surface area contributed by atoms with E-state index in [-0.39, 0.29) is 5.91 Å². The maximum atomic E-state index is 12.0. The van der Waals surface area contributed by atoms with E-state index in [1.165, 1.54) is 0 Å². The van der Waals surface area contributed by atoms with Crippen molar-refractivity contribution in [1.29, 1.82) is 0 Å². The summed E-state index contributed by atoms with van der Waals surface area (Å²) in [5.74, 6) is 0.849. The minimum Gasteiger partial charge on any atom is -0.444 e. The summed E-state index contributed by atoms with van der Waals surface area (Å²) in [4.78, 5) is 16.3. The number of rotatable bonds is 5. The van der Waals surface area contributed by atoms with Gasteiger partial charge in [0.1, 0.15) is 0 Å². The average molecular weight is 389 g/mol. The maximum absolute atomic E-state index is 12.0. The van der Waals surface area contributed by atoms with Gasteiger partial charge in [0.15, 0.2) is 16.2 Å². The molecule has 0 saturated heterocycles. The molecule has 6 nitrogen and oxygen atoms in total. The number of hydrogen-bond acceptors (Lipinski definition) is 4. The fourth-order valence-electron chi connectivity index (χ4n) is 2.56. The Morgan fingerprint density at radius 2 is 2.12 bits per heavy atom. The van der Waals surface area contributed by atoms with Gasteiger partial charge in [-0.3, -0.25) is 4.79 Å². The molecule has 0 atom stereocenters. The van der Waals surface area contributed by atoms with Crippen molar-refractivity contribution < 1.29 is 9.21 Å². The van der Waals surface area contributed by atoms with E-state index in [2.05, 4.69) is 31.3 Å². The van der Waals surface area contributed by atoms with E-state index in [1.807, 2.05) is 36.7 Å². The third-order valence-electron chi connectivity index (χ3n) is 3.77. The molecule has 0 aliphatic heterocycles. The Kier molecular flexibility index (Phi) is 4.80. The molecule has 0 saturated carbocycles. The molecule has 124 valence electrons. The number of furan rings is 1. The van der Waals surface area contributed by atoms with Crippen molar-refractivity contribution in [3.8, 4) is 5.82 Å². The Morgan fingerprint density at radius 1 is 1.29 bits per heavy atom. The van der Waals surface area contributed by atoms with Gasteiger partial charge in [-0.2, -0.15) is 5.10 Å². The van der Waals surface area contributed by atoms with Crippen molar-refractivity contribution in [2.45, 2.75) is 20.3 Å². The van der Waals surface area contributed by atoms with Crippen molar-refractivity contribution in [1.82, 2.24) is 20.1 Å². The van der Waals surface area contributed by atoms with Gasteiger partial charge in [-0.1, -0.05) is 6.07 Å². The molecule has 0 unspecified atom stereocenters. The zero-order chi connectivity index (χ0) is 17.1. The largest absolute Gasteiger partial charge is 0.444 e. The summed E-state index contributed by atoms with van der Waals surface area (Å²) in [6.45, 7) is 4.48. The summed E-state index contributed by atoms with van der Waals surface area (Å²) in [5.41, 5.74) is 3.08. The number of halogens is 1. The first-order valence-electron chi connectivity index (χ1n) is 7.56. The zero-order valence-electron chi connectivity index (χ0n) is 13.4. The number of hydrogen-bond donors (Lipinski definition) is 1. The van der Waals surface area contributed by atoms with Crippen LogP contribution in [0, 0.1) is 13.8 Å². The summed E-state index contributed by atoms with van der Waals surface area (Å²) in [7, 11) is 0. The van der Waals surface area contributed by atoms with Crippen LogP contribution in [0.25, 0.3) is 5.82 Å². The molecule has 1 N–H and O–H groups in total. The third kappa shape index (κ3) is 3.41. The fraction of sp³-hybridized carbons (Fsp3) is 0.235. The second kappa shape index (κ2) is 7.00. The molecule has 3 heterocycles. The topological polar surface area (TPSA) is 73.0 Å². The predicted octanol–water partition coefficient (Wildman–Crippen LogP) is 3.21. The summed E-state index contributed by atoms with van der Waals surface area (Å²) in [5, 5.41) is 7.41. The summed E-state index contributed by atoms with van der Waals surface area (Å²) < 4.78 is 7.60. The highest BCUT2D eigenvalue weighted by Crippen LogP contribution is 2.17. The van der Waals surface area contributed by atoms with Gasteiger partial charge in [-0.15, -0.1) is 0 Å². The zero-order valence-corrected chi connectivity index (χ0v) is 15.0. The first kappa shape index (κ1) is 16.4. The number of aromatic nitrogens is 3. The maximum Gasteiger partial charge on any atom is 0.287 e. The van der Waals surface area contributed by atoms with Crippen LogP contribution in [0.1, 0.15) is 27.5 Å². The molecule has 0 spiro atoms. The molecule has 24 heavy (non-hydrogen) atoms. The van der Waals surface area contributed by atoms with Crippen molar-refractivity contribution in [3.05, 3.63) is 63.9 Å². The van der Waals surface area contributed by atoms with E-state index < -0.39 is 0 Å². The van der Waals surface area contributed by atoms with Crippen molar-refractivity contribution in [3.63, 3.8) is 0 Å². The summed E-state index contributed by atoms with van der Waals surface area (Å²) >= 11 is 3.19. The Balaban J connectivity index is 1.68. The lowest BCUT2D eigenvalue weighted by molar-refractivity contribution is 0.0925. The molecule has 1 amide bonds. The molecule has 7 heteroatoms. The van der Waals surface area contributed by atoms with Crippen LogP contribution in [-0.2, 0) is 6.42 Å². The molecule has 3 aromatic heterocycles. The van der Waals surface area contributed by atoms with Crippen LogP contribution in [0.15, 0.2) is 45.6 Å². The molecule has 3 rings (SSSR count). The number of nitrogens with zero attached hydrogens (tertiary/aromatic N) is 3. The molecule has 0 aromatic carbocycles. The first-order valence-corrected chi connectivity index (χ1v) is 8.35. The molecular formula is C17H17BrN4O2. The highest BCUT2D eigenvalue weighted by molar-refractivity contribution is 9.10. The molecular weight excluding hydrogens is 372 g/mol. The Hall–Kier alpha value is -2.41. The van der Waals surface area contributed by atoms with Crippen LogP contribution in [0.3, 0.4) is 0 Å². The Bertz CT molecular complexity index is 855. The van der Waals surface area contributed by atoms with Crippen LogP contribution < -0.4 is 5.32 Å². The van der Waals surface area contributed by atoms with Crippen LogP contribution in [-0.4, -0.2) is 27.2 Å². The first-order chi connectivity index (χ1) is 11.6. The quantitative estimate of drug-likeness (QED) is 0.728. The summed E-state index contributed by atoms with van der Waals surface area (Å²) in [6.07, 6.45) is 2.44. The van der Waals surface area contributed by atoms with Gasteiger partial charge < -0.3 is 9.73 Å². The van der Waals surface area contributed by atoms with Crippen molar-refractivity contribution >= 4 is 21.8 Å². The second-order valence-electron chi connectivity index (χ2n) is 5.36. The number of aryl methyl sites for hydroxylation is 1. The van der Waals surface area contributed by atoms with Gasteiger partial charge in [0.05, 0.1) is 5.69 Å². The Labute approximate surface area is 148 Å².